The number of imidazole rings is 1. The number of hydrogen-bond acceptors (Lipinski definition) is 6. The number of H-pyrrole nitrogens is 1. The number of aromatic nitrogens is 2. The third-order valence-corrected chi connectivity index (χ3v) is 6.17. The molecule has 0 bridgehead atoms. The van der Waals surface area contributed by atoms with Gasteiger partial charge >= 0.3 is 12.1 Å². The first kappa shape index (κ1) is 27.7. The topological polar surface area (TPSA) is 97.3 Å². The lowest BCUT2D eigenvalue weighted by molar-refractivity contribution is -0.140. The first-order chi connectivity index (χ1) is 18.7. The molecule has 4 rings (SSSR count). The van der Waals surface area contributed by atoms with Crippen LogP contribution in [0.3, 0.4) is 0 Å². The number of nitrogens with zero attached hydrogens (tertiary/aromatic N) is 4. The van der Waals surface area contributed by atoms with E-state index < -0.39 is 17.8 Å². The van der Waals surface area contributed by atoms with E-state index in [1.54, 1.807) is 36.4 Å². The minimum absolute atomic E-state index is 0.00107. The van der Waals surface area contributed by atoms with Crippen LogP contribution in [0, 0.1) is 23.2 Å². The van der Waals surface area contributed by atoms with Crippen molar-refractivity contribution in [3.05, 3.63) is 65.5 Å². The second kappa shape index (κ2) is 12.5. The predicted octanol–water partition coefficient (Wildman–Crippen LogP) is 3.97. The third kappa shape index (κ3) is 7.84. The molecule has 0 spiro atoms. The number of aromatic amines is 1. The Morgan fingerprint density at radius 3 is 2.64 bits per heavy atom. The monoisotopic (exact) mass is 536 g/mol. The van der Waals surface area contributed by atoms with Gasteiger partial charge in [0.15, 0.2) is 0 Å². The van der Waals surface area contributed by atoms with E-state index >= 15 is 0 Å². The summed E-state index contributed by atoms with van der Waals surface area (Å²) in [6.45, 7) is 5.27. The average Bonchev–Trinajstić information content (AvgIpc) is 3.43. The molecule has 0 aliphatic carbocycles. The van der Waals surface area contributed by atoms with Gasteiger partial charge < -0.3 is 24.8 Å². The minimum atomic E-state index is -4.56. The highest BCUT2D eigenvalue weighted by molar-refractivity contribution is 6.05. The SMILES string of the molecule is CN1CCN(CCCOc2ccc(-c3ncc(C(F)(F)F)[nH]3)cc2NC(=O)C#Cc2cccc(C#N)c2)CC1. The van der Waals surface area contributed by atoms with Crippen molar-refractivity contribution in [3.8, 4) is 35.0 Å². The van der Waals surface area contributed by atoms with Crippen molar-refractivity contribution in [1.29, 1.82) is 5.26 Å². The van der Waals surface area contributed by atoms with Gasteiger partial charge in [-0.2, -0.15) is 18.4 Å². The maximum Gasteiger partial charge on any atom is 0.432 e. The number of carbonyl (C=O) groups excluding carboxylic acids is 1. The zero-order chi connectivity index (χ0) is 27.8. The lowest BCUT2D eigenvalue weighted by Crippen LogP contribution is -2.44. The summed E-state index contributed by atoms with van der Waals surface area (Å²) in [5.41, 5.74) is 0.521. The molecule has 0 unspecified atom stereocenters. The van der Waals surface area contributed by atoms with Gasteiger partial charge in [0.2, 0.25) is 0 Å². The maximum atomic E-state index is 13.0. The number of anilines is 1. The summed E-state index contributed by atoms with van der Waals surface area (Å²) in [5.74, 6) is 4.90. The van der Waals surface area contributed by atoms with E-state index in [1.807, 2.05) is 6.07 Å². The van der Waals surface area contributed by atoms with Crippen molar-refractivity contribution < 1.29 is 22.7 Å². The molecule has 1 aromatic heterocycles. The summed E-state index contributed by atoms with van der Waals surface area (Å²) in [6.07, 6.45) is -3.08. The van der Waals surface area contributed by atoms with E-state index in [0.717, 1.165) is 45.3 Å². The summed E-state index contributed by atoms with van der Waals surface area (Å²) in [7, 11) is 2.10. The number of amides is 1. The molecule has 8 nitrogen and oxygen atoms in total. The summed E-state index contributed by atoms with van der Waals surface area (Å²) in [6, 6.07) is 13.2. The van der Waals surface area contributed by atoms with Crippen molar-refractivity contribution in [2.24, 2.45) is 0 Å². The molecule has 2 heterocycles. The van der Waals surface area contributed by atoms with E-state index in [0.29, 0.717) is 29.0 Å². The van der Waals surface area contributed by atoms with Crippen LogP contribution in [-0.2, 0) is 11.0 Å². The highest BCUT2D eigenvalue weighted by Gasteiger charge is 2.33. The van der Waals surface area contributed by atoms with Gasteiger partial charge in [-0.3, -0.25) is 4.79 Å². The number of hydrogen-bond donors (Lipinski definition) is 2. The molecule has 39 heavy (non-hydrogen) atoms. The van der Waals surface area contributed by atoms with Gasteiger partial charge in [-0.05, 0) is 49.9 Å². The van der Waals surface area contributed by atoms with Gasteiger partial charge in [-0.15, -0.1) is 0 Å². The molecule has 1 saturated heterocycles. The lowest BCUT2D eigenvalue weighted by Gasteiger charge is -2.32. The van der Waals surface area contributed by atoms with Crippen LogP contribution in [0.1, 0.15) is 23.2 Å². The van der Waals surface area contributed by atoms with E-state index in [2.05, 4.69) is 44.0 Å². The van der Waals surface area contributed by atoms with Gasteiger partial charge in [0, 0.05) is 49.8 Å². The maximum absolute atomic E-state index is 13.0. The Morgan fingerprint density at radius 2 is 1.92 bits per heavy atom. The van der Waals surface area contributed by atoms with Gasteiger partial charge in [0.25, 0.3) is 0 Å². The largest absolute Gasteiger partial charge is 0.491 e. The fourth-order valence-corrected chi connectivity index (χ4v) is 4.00. The first-order valence-corrected chi connectivity index (χ1v) is 12.3. The summed E-state index contributed by atoms with van der Waals surface area (Å²) in [4.78, 5) is 23.4. The molecule has 2 N–H and O–H groups in total. The standard InChI is InChI=1S/C28H27F3N6O2/c1-36-11-13-37(14-12-36)10-3-15-39-24-8-7-22(27-33-19-25(35-27)28(29,30)31)17-23(24)34-26(38)9-6-20-4-2-5-21(16-20)18-32/h2,4-5,7-8,16-17,19H,3,10-15H2,1H3,(H,33,35)(H,34,38). The van der Waals surface area contributed by atoms with Crippen molar-refractivity contribution >= 4 is 11.6 Å². The number of alkyl halides is 3. The number of likely N-dealkylation sites (N-methyl/N-ethyl adjacent to an activating group) is 1. The molecule has 0 atom stereocenters. The van der Waals surface area contributed by atoms with Crippen LogP contribution in [0.25, 0.3) is 11.4 Å². The van der Waals surface area contributed by atoms with Crippen LogP contribution in [0.2, 0.25) is 0 Å². The number of nitriles is 1. The number of carbonyl (C=O) groups is 1. The third-order valence-electron chi connectivity index (χ3n) is 6.17. The van der Waals surface area contributed by atoms with E-state index in [-0.39, 0.29) is 11.5 Å². The molecule has 0 saturated carbocycles. The molecule has 1 fully saturated rings. The summed E-state index contributed by atoms with van der Waals surface area (Å²) in [5, 5.41) is 11.7. The number of rotatable bonds is 7. The summed E-state index contributed by atoms with van der Waals surface area (Å²) < 4.78 is 45.1. The van der Waals surface area contributed by atoms with Crippen LogP contribution in [0.5, 0.6) is 5.75 Å². The molecule has 2 aromatic carbocycles. The van der Waals surface area contributed by atoms with Gasteiger partial charge in [0.05, 0.1) is 30.1 Å². The second-order valence-electron chi connectivity index (χ2n) is 9.10. The Hall–Kier alpha value is -4.32. The van der Waals surface area contributed by atoms with Crippen LogP contribution in [0.15, 0.2) is 48.7 Å². The zero-order valence-corrected chi connectivity index (χ0v) is 21.3. The predicted molar refractivity (Wildman–Crippen MR) is 140 cm³/mol. The quantitative estimate of drug-likeness (QED) is 0.350. The first-order valence-electron chi connectivity index (χ1n) is 12.3. The lowest BCUT2D eigenvalue weighted by atomic mass is 10.1. The Labute approximate surface area is 224 Å². The Balaban J connectivity index is 1.49. The fourth-order valence-electron chi connectivity index (χ4n) is 4.00. The van der Waals surface area contributed by atoms with Crippen LogP contribution in [0.4, 0.5) is 18.9 Å². The second-order valence-corrected chi connectivity index (χ2v) is 9.10. The van der Waals surface area contributed by atoms with Crippen molar-refractivity contribution in [2.45, 2.75) is 12.6 Å². The molecular weight excluding hydrogens is 509 g/mol. The molecule has 3 aromatic rings. The molecule has 11 heteroatoms. The smallest absolute Gasteiger partial charge is 0.432 e. The molecular formula is C28H27F3N6O2. The van der Waals surface area contributed by atoms with Crippen molar-refractivity contribution in [1.82, 2.24) is 19.8 Å². The molecule has 1 aliphatic heterocycles. The van der Waals surface area contributed by atoms with Gasteiger partial charge in [0.1, 0.15) is 17.3 Å². The highest BCUT2D eigenvalue weighted by atomic mass is 19.4. The van der Waals surface area contributed by atoms with Crippen LogP contribution >= 0.6 is 0 Å². The molecule has 0 radical (unpaired) electrons. The number of nitrogens with one attached hydrogen (secondary N) is 2. The average molecular weight is 537 g/mol. The van der Waals surface area contributed by atoms with E-state index in [4.69, 9.17) is 10.00 Å². The van der Waals surface area contributed by atoms with E-state index in [1.165, 1.54) is 6.07 Å². The molecule has 1 aliphatic rings. The zero-order valence-electron chi connectivity index (χ0n) is 21.3. The van der Waals surface area contributed by atoms with Gasteiger partial charge in [-0.25, -0.2) is 4.98 Å². The molecule has 202 valence electrons. The number of ether oxygens (including phenoxy) is 1. The normalized spacial score (nSPS) is 14.2. The van der Waals surface area contributed by atoms with E-state index in [9.17, 15) is 18.0 Å². The van der Waals surface area contributed by atoms with Crippen LogP contribution in [-0.4, -0.2) is 72.1 Å². The van der Waals surface area contributed by atoms with Crippen molar-refractivity contribution in [2.75, 3.05) is 51.7 Å². The Morgan fingerprint density at radius 1 is 1.15 bits per heavy atom. The fraction of sp³-hybridized carbons (Fsp3) is 0.321. The number of benzene rings is 2. The minimum Gasteiger partial charge on any atom is -0.491 e. The number of halogens is 3. The highest BCUT2D eigenvalue weighted by Crippen LogP contribution is 2.33. The number of piperazine rings is 1. The van der Waals surface area contributed by atoms with Crippen LogP contribution < -0.4 is 10.1 Å². The van der Waals surface area contributed by atoms with Gasteiger partial charge in [-0.1, -0.05) is 12.0 Å². The Bertz CT molecular complexity index is 1410. The Kier molecular flexibility index (Phi) is 8.87. The molecule has 1 amide bonds. The van der Waals surface area contributed by atoms with Crippen molar-refractivity contribution in [3.63, 3.8) is 0 Å². The summed E-state index contributed by atoms with van der Waals surface area (Å²) >= 11 is 0.